The molecule has 0 aromatic carbocycles. The van der Waals surface area contributed by atoms with Crippen molar-refractivity contribution in [2.45, 2.75) is 38.3 Å². The number of ether oxygens (including phenoxy) is 1. The largest absolute Gasteiger partial charge is 0.378 e. The first-order valence-electron chi connectivity index (χ1n) is 6.49. The van der Waals surface area contributed by atoms with E-state index in [-0.39, 0.29) is 11.9 Å². The van der Waals surface area contributed by atoms with Crippen LogP contribution in [0.5, 0.6) is 0 Å². The average molecular weight is 276 g/mol. The predicted octanol–water partition coefficient (Wildman–Crippen LogP) is 0.0283. The van der Waals surface area contributed by atoms with Crippen molar-refractivity contribution in [2.75, 3.05) is 31.7 Å². The number of nitrogens with one attached hydrogen (secondary N) is 2. The van der Waals surface area contributed by atoms with Gasteiger partial charge in [-0.1, -0.05) is 0 Å². The van der Waals surface area contributed by atoms with E-state index in [1.807, 2.05) is 6.92 Å². The molecule has 2 atom stereocenters. The predicted molar refractivity (Wildman–Crippen MR) is 73.0 cm³/mol. The maximum Gasteiger partial charge on any atom is 0.222 e. The molecule has 0 aliphatic carbocycles. The summed E-state index contributed by atoms with van der Waals surface area (Å²) in [6.07, 6.45) is 4.35. The minimum absolute atomic E-state index is 0.0260. The minimum Gasteiger partial charge on any atom is -0.378 e. The second-order valence-electron chi connectivity index (χ2n) is 4.78. The molecule has 1 fully saturated rings. The molecule has 2 N–H and O–H groups in total. The summed E-state index contributed by atoms with van der Waals surface area (Å²) >= 11 is 0. The zero-order valence-corrected chi connectivity index (χ0v) is 12.1. The van der Waals surface area contributed by atoms with Crippen molar-refractivity contribution >= 4 is 16.7 Å². The Morgan fingerprint density at radius 1 is 1.50 bits per heavy atom. The van der Waals surface area contributed by atoms with Crippen LogP contribution in [-0.2, 0) is 20.3 Å². The molecule has 2 unspecified atom stereocenters. The summed E-state index contributed by atoms with van der Waals surface area (Å²) in [6.45, 7) is 4.33. The van der Waals surface area contributed by atoms with Gasteiger partial charge in [-0.05, 0) is 32.9 Å². The van der Waals surface area contributed by atoms with Crippen molar-refractivity contribution in [3.8, 4) is 0 Å². The van der Waals surface area contributed by atoms with Gasteiger partial charge in [-0.25, -0.2) is 0 Å². The van der Waals surface area contributed by atoms with E-state index < -0.39 is 10.8 Å². The van der Waals surface area contributed by atoms with Gasteiger partial charge in [0.15, 0.2) is 0 Å². The summed E-state index contributed by atoms with van der Waals surface area (Å²) < 4.78 is 16.6. The van der Waals surface area contributed by atoms with Crippen molar-refractivity contribution < 1.29 is 13.7 Å². The van der Waals surface area contributed by atoms with E-state index in [0.717, 1.165) is 25.9 Å². The van der Waals surface area contributed by atoms with Crippen molar-refractivity contribution in [1.29, 1.82) is 0 Å². The van der Waals surface area contributed by atoms with E-state index in [2.05, 4.69) is 10.6 Å². The Labute approximate surface area is 111 Å². The fourth-order valence-electron chi connectivity index (χ4n) is 2.02. The van der Waals surface area contributed by atoms with Crippen LogP contribution in [0.4, 0.5) is 0 Å². The number of carbonyl (C=O) groups is 1. The monoisotopic (exact) mass is 276 g/mol. The number of amides is 1. The maximum absolute atomic E-state index is 11.6. The molecular formula is C12H24N2O3S. The van der Waals surface area contributed by atoms with Gasteiger partial charge in [-0.3, -0.25) is 9.00 Å². The molecule has 5 nitrogen and oxygen atoms in total. The molecule has 1 aliphatic rings. The van der Waals surface area contributed by atoms with Crippen molar-refractivity contribution in [3.63, 3.8) is 0 Å². The first-order chi connectivity index (χ1) is 8.58. The molecule has 0 aromatic heterocycles. The highest BCUT2D eigenvalue weighted by molar-refractivity contribution is 7.84. The highest BCUT2D eigenvalue weighted by atomic mass is 32.2. The van der Waals surface area contributed by atoms with Crippen molar-refractivity contribution in [1.82, 2.24) is 10.6 Å². The van der Waals surface area contributed by atoms with Gasteiger partial charge in [-0.15, -0.1) is 0 Å². The molecule has 1 amide bonds. The standard InChI is InChI=1S/C12H24N2O3S/c1-10(9-18(2)16)14-12(15)5-8-17-11-3-6-13-7-4-11/h10-11,13H,3-9H2,1-2H3,(H,14,15). The Morgan fingerprint density at radius 3 is 2.78 bits per heavy atom. The Morgan fingerprint density at radius 2 is 2.17 bits per heavy atom. The summed E-state index contributed by atoms with van der Waals surface area (Å²) in [7, 11) is -0.875. The molecule has 1 rings (SSSR count). The smallest absolute Gasteiger partial charge is 0.222 e. The topological polar surface area (TPSA) is 67.4 Å². The Kier molecular flexibility index (Phi) is 7.46. The van der Waals surface area contributed by atoms with Gasteiger partial charge in [0, 0.05) is 35.3 Å². The third-order valence-electron chi connectivity index (χ3n) is 2.86. The molecule has 106 valence electrons. The van der Waals surface area contributed by atoms with E-state index in [4.69, 9.17) is 4.74 Å². The van der Waals surface area contributed by atoms with Crippen LogP contribution >= 0.6 is 0 Å². The lowest BCUT2D eigenvalue weighted by Gasteiger charge is -2.23. The highest BCUT2D eigenvalue weighted by Crippen LogP contribution is 2.07. The summed E-state index contributed by atoms with van der Waals surface area (Å²) in [5.41, 5.74) is 0. The third-order valence-corrected chi connectivity index (χ3v) is 3.83. The van der Waals surface area contributed by atoms with Crippen molar-refractivity contribution in [3.05, 3.63) is 0 Å². The van der Waals surface area contributed by atoms with E-state index in [0.29, 0.717) is 24.9 Å². The normalized spacial score (nSPS) is 20.3. The van der Waals surface area contributed by atoms with Gasteiger partial charge in [0.05, 0.1) is 12.7 Å². The fourth-order valence-corrected chi connectivity index (χ4v) is 2.81. The molecule has 18 heavy (non-hydrogen) atoms. The summed E-state index contributed by atoms with van der Waals surface area (Å²) in [5.74, 6) is 0.475. The Bertz CT molecular complexity index is 280. The van der Waals surface area contributed by atoms with E-state index in [1.165, 1.54) is 0 Å². The Hall–Kier alpha value is -0.460. The van der Waals surface area contributed by atoms with Crippen LogP contribution in [-0.4, -0.2) is 54.0 Å². The number of piperidine rings is 1. The molecule has 1 aliphatic heterocycles. The molecule has 0 spiro atoms. The van der Waals surface area contributed by atoms with Crippen LogP contribution in [0.3, 0.4) is 0 Å². The second-order valence-corrected chi connectivity index (χ2v) is 6.26. The molecular weight excluding hydrogens is 252 g/mol. The molecule has 1 saturated heterocycles. The average Bonchev–Trinajstić information content (AvgIpc) is 2.29. The molecule has 6 heteroatoms. The SMILES string of the molecule is CC(CS(C)=O)NC(=O)CCOC1CCNCC1. The van der Waals surface area contributed by atoms with Crippen LogP contribution < -0.4 is 10.6 Å². The lowest BCUT2D eigenvalue weighted by atomic mass is 10.1. The first kappa shape index (κ1) is 15.6. The van der Waals surface area contributed by atoms with Crippen LogP contribution in [0.25, 0.3) is 0 Å². The third kappa shape index (κ3) is 7.08. The lowest BCUT2D eigenvalue weighted by Crippen LogP contribution is -2.37. The van der Waals surface area contributed by atoms with Crippen LogP contribution in [0.1, 0.15) is 26.2 Å². The molecule has 0 aromatic rings. The zero-order chi connectivity index (χ0) is 13.4. The zero-order valence-electron chi connectivity index (χ0n) is 11.2. The van der Waals surface area contributed by atoms with Gasteiger partial charge < -0.3 is 15.4 Å². The summed E-state index contributed by atoms with van der Waals surface area (Å²) in [6, 6.07) is -0.0396. The minimum atomic E-state index is -0.875. The van der Waals surface area contributed by atoms with Gasteiger partial charge in [0.25, 0.3) is 0 Å². The van der Waals surface area contributed by atoms with Gasteiger partial charge >= 0.3 is 0 Å². The molecule has 0 radical (unpaired) electrons. The number of hydrogen-bond acceptors (Lipinski definition) is 4. The van der Waals surface area contributed by atoms with Gasteiger partial charge in [-0.2, -0.15) is 0 Å². The maximum atomic E-state index is 11.6. The fraction of sp³-hybridized carbons (Fsp3) is 0.917. The first-order valence-corrected chi connectivity index (χ1v) is 8.22. The Balaban J connectivity index is 2.07. The lowest BCUT2D eigenvalue weighted by molar-refractivity contribution is -0.123. The molecule has 1 heterocycles. The number of rotatable bonds is 7. The number of carbonyl (C=O) groups excluding carboxylic acids is 1. The van der Waals surface area contributed by atoms with Crippen molar-refractivity contribution in [2.24, 2.45) is 0 Å². The van der Waals surface area contributed by atoms with Crippen LogP contribution in [0, 0.1) is 0 Å². The van der Waals surface area contributed by atoms with Gasteiger partial charge in [0.2, 0.25) is 5.91 Å². The van der Waals surface area contributed by atoms with Crippen LogP contribution in [0.2, 0.25) is 0 Å². The van der Waals surface area contributed by atoms with E-state index in [1.54, 1.807) is 6.26 Å². The second kappa shape index (κ2) is 8.61. The molecule has 0 saturated carbocycles. The van der Waals surface area contributed by atoms with Crippen LogP contribution in [0.15, 0.2) is 0 Å². The molecule has 0 bridgehead atoms. The number of hydrogen-bond donors (Lipinski definition) is 2. The summed E-state index contributed by atoms with van der Waals surface area (Å²) in [4.78, 5) is 11.6. The highest BCUT2D eigenvalue weighted by Gasteiger charge is 2.14. The van der Waals surface area contributed by atoms with E-state index in [9.17, 15) is 9.00 Å². The van der Waals surface area contributed by atoms with E-state index >= 15 is 0 Å². The quantitative estimate of drug-likeness (QED) is 0.688. The summed E-state index contributed by atoms with van der Waals surface area (Å²) in [5, 5.41) is 6.09. The van der Waals surface area contributed by atoms with Gasteiger partial charge in [0.1, 0.15) is 0 Å².